The van der Waals surface area contributed by atoms with Gasteiger partial charge in [0.05, 0.1) is 17.6 Å². The molecule has 3 saturated carbocycles. The van der Waals surface area contributed by atoms with E-state index in [0.717, 1.165) is 12.0 Å². The smallest absolute Gasteiger partial charge is 0.444 e. The van der Waals surface area contributed by atoms with Crippen molar-refractivity contribution in [3.05, 3.63) is 35.9 Å². The second kappa shape index (κ2) is 10.3. The molecule has 1 aromatic carbocycles. The molecule has 2 N–H and O–H groups in total. The topological polar surface area (TPSA) is 85.9 Å². The Bertz CT molecular complexity index is 978. The summed E-state index contributed by atoms with van der Waals surface area (Å²) in [5, 5.41) is 5.99. The summed E-state index contributed by atoms with van der Waals surface area (Å²) in [5.74, 6) is 0.837. The fourth-order valence-electron chi connectivity index (χ4n) is 6.61. The molecule has 2 amide bonds. The third-order valence-corrected chi connectivity index (χ3v) is 8.64. The van der Waals surface area contributed by atoms with Crippen LogP contribution in [-0.4, -0.2) is 48.4 Å². The molecule has 204 valence electrons. The van der Waals surface area contributed by atoms with E-state index in [9.17, 15) is 9.59 Å². The molecular formula is C29H45BN2O5. The molecule has 0 aromatic heterocycles. The van der Waals surface area contributed by atoms with Crippen LogP contribution in [0.1, 0.15) is 80.2 Å². The standard InChI is InChI=1S/C29H45BN2O5/c1-18(2)14-24(30-36-23-17-20-16-22(28(20,6)7)29(23,8)37-30)32-25(33)21(15-19-12-10-9-11-13-19)31-26(34)35-27(3,4)5/h9-13,18,20-24H,14-17H2,1-8H3,(H,31,34)(H,32,33)/t20-,21-,22-,23+,24-,29-/m0/s1. The maximum Gasteiger partial charge on any atom is 0.481 e. The molecule has 6 atom stereocenters. The molecule has 3 aliphatic carbocycles. The van der Waals surface area contributed by atoms with Crippen molar-refractivity contribution in [2.45, 2.75) is 110 Å². The zero-order valence-corrected chi connectivity index (χ0v) is 23.8. The van der Waals surface area contributed by atoms with E-state index < -0.39 is 24.9 Å². The number of hydrogen-bond acceptors (Lipinski definition) is 5. The highest BCUT2D eigenvalue weighted by atomic mass is 16.7. The molecule has 1 aromatic rings. The zero-order chi connectivity index (χ0) is 27.2. The van der Waals surface area contributed by atoms with Gasteiger partial charge in [0, 0.05) is 6.42 Å². The number of ether oxygens (including phenoxy) is 1. The predicted molar refractivity (Wildman–Crippen MR) is 145 cm³/mol. The van der Waals surface area contributed by atoms with Crippen LogP contribution in [0.3, 0.4) is 0 Å². The Morgan fingerprint density at radius 2 is 1.78 bits per heavy atom. The van der Waals surface area contributed by atoms with Crippen LogP contribution in [0.5, 0.6) is 0 Å². The first kappa shape index (κ1) is 28.0. The largest absolute Gasteiger partial charge is 0.481 e. The minimum Gasteiger partial charge on any atom is -0.444 e. The fourth-order valence-corrected chi connectivity index (χ4v) is 6.61. The van der Waals surface area contributed by atoms with E-state index in [-0.39, 0.29) is 29.0 Å². The highest BCUT2D eigenvalue weighted by Crippen LogP contribution is 2.65. The summed E-state index contributed by atoms with van der Waals surface area (Å²) < 4.78 is 18.7. The predicted octanol–water partition coefficient (Wildman–Crippen LogP) is 4.92. The lowest BCUT2D eigenvalue weighted by Gasteiger charge is -2.64. The molecule has 7 nitrogen and oxygen atoms in total. The highest BCUT2D eigenvalue weighted by molar-refractivity contribution is 6.47. The van der Waals surface area contributed by atoms with Gasteiger partial charge >= 0.3 is 13.2 Å². The van der Waals surface area contributed by atoms with Gasteiger partial charge in [-0.1, -0.05) is 58.0 Å². The molecule has 37 heavy (non-hydrogen) atoms. The van der Waals surface area contributed by atoms with E-state index in [1.807, 2.05) is 30.3 Å². The molecule has 1 saturated heterocycles. The van der Waals surface area contributed by atoms with Gasteiger partial charge in [-0.25, -0.2) is 4.79 Å². The molecule has 8 heteroatoms. The summed E-state index contributed by atoms with van der Waals surface area (Å²) in [4.78, 5) is 26.3. The summed E-state index contributed by atoms with van der Waals surface area (Å²) in [5.41, 5.74) is 0.191. The lowest BCUT2D eigenvalue weighted by atomic mass is 9.43. The Morgan fingerprint density at radius 1 is 1.11 bits per heavy atom. The zero-order valence-electron chi connectivity index (χ0n) is 23.8. The van der Waals surface area contributed by atoms with Crippen LogP contribution >= 0.6 is 0 Å². The second-order valence-electron chi connectivity index (χ2n) is 13.5. The first-order valence-electron chi connectivity index (χ1n) is 13.9. The van der Waals surface area contributed by atoms with Crippen LogP contribution in [0.2, 0.25) is 0 Å². The van der Waals surface area contributed by atoms with Gasteiger partial charge in [-0.2, -0.15) is 0 Å². The minimum absolute atomic E-state index is 0.0424. The van der Waals surface area contributed by atoms with Crippen molar-refractivity contribution >= 4 is 19.1 Å². The number of rotatable bonds is 8. The summed E-state index contributed by atoms with van der Waals surface area (Å²) in [7, 11) is -0.518. The average Bonchev–Trinajstić information content (AvgIpc) is 3.14. The molecule has 0 radical (unpaired) electrons. The Balaban J connectivity index is 1.50. The SMILES string of the molecule is CC(C)C[C@H](NC(=O)[C@H](Cc1ccccc1)NC(=O)OC(C)(C)C)B1O[C@@H]2C[C@@H]3C[C@@H](C3(C)C)[C@]2(C)O1. The van der Waals surface area contributed by atoms with Crippen molar-refractivity contribution in [2.75, 3.05) is 0 Å². The number of benzene rings is 1. The van der Waals surface area contributed by atoms with E-state index >= 15 is 0 Å². The van der Waals surface area contributed by atoms with Gasteiger partial charge in [-0.3, -0.25) is 4.79 Å². The van der Waals surface area contributed by atoms with Crippen LogP contribution in [0.15, 0.2) is 30.3 Å². The summed E-state index contributed by atoms with van der Waals surface area (Å²) >= 11 is 0. The van der Waals surface area contributed by atoms with Crippen molar-refractivity contribution in [2.24, 2.45) is 23.2 Å². The lowest BCUT2D eigenvalue weighted by Crippen LogP contribution is -2.65. The number of amides is 2. The normalized spacial score (nSPS) is 29.6. The number of alkyl carbamates (subject to hydrolysis) is 1. The summed E-state index contributed by atoms with van der Waals surface area (Å²) in [6.07, 6.45) is 2.66. The molecule has 0 spiro atoms. The molecule has 2 bridgehead atoms. The Hall–Kier alpha value is -2.06. The quantitative estimate of drug-likeness (QED) is 0.483. The molecule has 1 aliphatic heterocycles. The maximum atomic E-state index is 13.7. The molecule has 5 rings (SSSR count). The van der Waals surface area contributed by atoms with Gasteiger partial charge in [0.2, 0.25) is 5.91 Å². The third-order valence-electron chi connectivity index (χ3n) is 8.64. The Morgan fingerprint density at radius 3 is 2.38 bits per heavy atom. The van der Waals surface area contributed by atoms with Crippen LogP contribution in [0.25, 0.3) is 0 Å². The van der Waals surface area contributed by atoms with Crippen molar-refractivity contribution in [3.8, 4) is 0 Å². The van der Waals surface area contributed by atoms with Crippen LogP contribution in [0.4, 0.5) is 4.79 Å². The third kappa shape index (κ3) is 6.01. The first-order chi connectivity index (χ1) is 17.2. The van der Waals surface area contributed by atoms with Crippen LogP contribution in [0, 0.1) is 23.2 Å². The molecule has 4 fully saturated rings. The van der Waals surface area contributed by atoms with Gasteiger partial charge in [0.1, 0.15) is 11.6 Å². The van der Waals surface area contributed by atoms with Crippen molar-refractivity contribution in [3.63, 3.8) is 0 Å². The van der Waals surface area contributed by atoms with Crippen molar-refractivity contribution in [1.82, 2.24) is 10.6 Å². The number of carbonyl (C=O) groups excluding carboxylic acids is 2. The van der Waals surface area contributed by atoms with E-state index in [0.29, 0.717) is 30.6 Å². The van der Waals surface area contributed by atoms with E-state index in [1.165, 1.54) is 6.42 Å². The second-order valence-corrected chi connectivity index (χ2v) is 13.5. The summed E-state index contributed by atoms with van der Waals surface area (Å²) in [6.45, 7) is 16.5. The van der Waals surface area contributed by atoms with E-state index in [4.69, 9.17) is 14.0 Å². The van der Waals surface area contributed by atoms with Gasteiger partial charge < -0.3 is 24.7 Å². The van der Waals surface area contributed by atoms with E-state index in [2.05, 4.69) is 45.3 Å². The molecule has 4 aliphatic rings. The first-order valence-corrected chi connectivity index (χ1v) is 13.9. The van der Waals surface area contributed by atoms with Crippen molar-refractivity contribution in [1.29, 1.82) is 0 Å². The van der Waals surface area contributed by atoms with Gasteiger partial charge in [0.15, 0.2) is 0 Å². The van der Waals surface area contributed by atoms with Gasteiger partial charge in [-0.15, -0.1) is 0 Å². The Kier molecular flexibility index (Phi) is 7.75. The number of nitrogens with one attached hydrogen (secondary N) is 2. The fraction of sp³-hybridized carbons (Fsp3) is 0.724. The van der Waals surface area contributed by atoms with Gasteiger partial charge in [-0.05, 0) is 75.7 Å². The van der Waals surface area contributed by atoms with Crippen LogP contribution < -0.4 is 10.6 Å². The highest BCUT2D eigenvalue weighted by Gasteiger charge is 2.68. The lowest BCUT2D eigenvalue weighted by molar-refractivity contribution is -0.199. The Labute approximate surface area is 222 Å². The molecular weight excluding hydrogens is 467 g/mol. The van der Waals surface area contributed by atoms with Gasteiger partial charge in [0.25, 0.3) is 0 Å². The number of hydrogen-bond donors (Lipinski definition) is 2. The molecule has 1 heterocycles. The van der Waals surface area contributed by atoms with Crippen molar-refractivity contribution < 1.29 is 23.6 Å². The molecule has 0 unspecified atom stereocenters. The minimum atomic E-state index is -0.794. The van der Waals surface area contributed by atoms with Crippen LogP contribution in [-0.2, 0) is 25.3 Å². The monoisotopic (exact) mass is 512 g/mol. The maximum absolute atomic E-state index is 13.7. The average molecular weight is 513 g/mol. The van der Waals surface area contributed by atoms with E-state index in [1.54, 1.807) is 20.8 Å². The number of carbonyl (C=O) groups is 2. The summed E-state index contributed by atoms with van der Waals surface area (Å²) in [6, 6.07) is 8.89.